The minimum absolute atomic E-state index is 0.185. The Balaban J connectivity index is 2.49. The third-order valence-electron chi connectivity index (χ3n) is 4.02. The van der Waals surface area contributed by atoms with Crippen molar-refractivity contribution < 1.29 is 0 Å². The van der Waals surface area contributed by atoms with E-state index >= 15 is 0 Å². The van der Waals surface area contributed by atoms with Crippen LogP contribution >= 0.6 is 0 Å². The summed E-state index contributed by atoms with van der Waals surface area (Å²) in [4.78, 5) is 29.5. The van der Waals surface area contributed by atoms with Crippen LogP contribution in [0.25, 0.3) is 0 Å². The fourth-order valence-electron chi connectivity index (χ4n) is 2.71. The van der Waals surface area contributed by atoms with Crippen molar-refractivity contribution in [2.45, 2.75) is 46.0 Å². The number of hydrogen-bond acceptors (Lipinski definition) is 3. The molecule has 0 unspecified atom stereocenters. The van der Waals surface area contributed by atoms with Crippen LogP contribution in [0.3, 0.4) is 0 Å². The molecule has 1 aromatic heterocycles. The van der Waals surface area contributed by atoms with Gasteiger partial charge in [-0.15, -0.1) is 0 Å². The van der Waals surface area contributed by atoms with E-state index in [1.165, 1.54) is 25.5 Å². The van der Waals surface area contributed by atoms with Gasteiger partial charge in [0, 0.05) is 20.1 Å². The Hall–Kier alpha value is -1.78. The van der Waals surface area contributed by atoms with Gasteiger partial charge in [0.25, 0.3) is 5.56 Å². The summed E-state index contributed by atoms with van der Waals surface area (Å²) >= 11 is 0. The SMILES string of the molecule is CC(C)=CCc1c(N2CCCCCC2)[nH]c(=O)n(C)c1=O. The quantitative estimate of drug-likeness (QED) is 0.866. The molecule has 1 aromatic rings. The number of aromatic nitrogens is 2. The molecule has 0 radical (unpaired) electrons. The molecule has 1 aliphatic rings. The lowest BCUT2D eigenvalue weighted by Crippen LogP contribution is -2.39. The number of aromatic amines is 1. The molecule has 5 heteroatoms. The predicted molar refractivity (Wildman–Crippen MR) is 86.1 cm³/mol. The van der Waals surface area contributed by atoms with E-state index in [0.717, 1.165) is 36.3 Å². The number of rotatable bonds is 3. The second-order valence-corrected chi connectivity index (χ2v) is 6.01. The molecule has 0 spiro atoms. The summed E-state index contributed by atoms with van der Waals surface area (Å²) < 4.78 is 1.16. The Bertz CT molecular complexity index is 628. The maximum atomic E-state index is 12.4. The lowest BCUT2D eigenvalue weighted by Gasteiger charge is -2.24. The largest absolute Gasteiger partial charge is 0.358 e. The Morgan fingerprint density at radius 2 is 1.76 bits per heavy atom. The molecule has 1 saturated heterocycles. The molecule has 0 amide bonds. The van der Waals surface area contributed by atoms with Crippen molar-refractivity contribution in [3.05, 3.63) is 38.1 Å². The van der Waals surface area contributed by atoms with Crippen LogP contribution in [-0.4, -0.2) is 22.6 Å². The molecule has 5 nitrogen and oxygen atoms in total. The van der Waals surface area contributed by atoms with Crippen molar-refractivity contribution >= 4 is 5.82 Å². The average Bonchev–Trinajstić information content (AvgIpc) is 2.72. The van der Waals surface area contributed by atoms with Gasteiger partial charge in [0.2, 0.25) is 0 Å². The zero-order chi connectivity index (χ0) is 15.4. The first-order valence-corrected chi connectivity index (χ1v) is 7.71. The molecular weight excluding hydrogens is 266 g/mol. The number of anilines is 1. The molecule has 21 heavy (non-hydrogen) atoms. The molecular formula is C16H25N3O2. The van der Waals surface area contributed by atoms with Crippen LogP contribution in [0.5, 0.6) is 0 Å². The molecule has 116 valence electrons. The third kappa shape index (κ3) is 3.65. The first-order valence-electron chi connectivity index (χ1n) is 7.71. The van der Waals surface area contributed by atoms with Crippen molar-refractivity contribution in [1.82, 2.24) is 9.55 Å². The summed E-state index contributed by atoms with van der Waals surface area (Å²) in [6, 6.07) is 0. The number of nitrogens with zero attached hydrogens (tertiary/aromatic N) is 2. The van der Waals surface area contributed by atoms with Crippen LogP contribution in [0.1, 0.15) is 45.1 Å². The van der Waals surface area contributed by atoms with Gasteiger partial charge in [-0.05, 0) is 33.1 Å². The maximum Gasteiger partial charge on any atom is 0.329 e. The van der Waals surface area contributed by atoms with Gasteiger partial charge < -0.3 is 4.90 Å². The topological polar surface area (TPSA) is 58.1 Å². The standard InChI is InChI=1S/C16H25N3O2/c1-12(2)8-9-13-14(17-16(21)18(3)15(13)20)19-10-6-4-5-7-11-19/h8H,4-7,9-11H2,1-3H3,(H,17,21). The van der Waals surface area contributed by atoms with Crippen molar-refractivity contribution in [2.75, 3.05) is 18.0 Å². The predicted octanol–water partition coefficient (Wildman–Crippen LogP) is 1.96. The van der Waals surface area contributed by atoms with E-state index in [0.29, 0.717) is 12.0 Å². The van der Waals surface area contributed by atoms with Crippen LogP contribution in [0.2, 0.25) is 0 Å². The highest BCUT2D eigenvalue weighted by Crippen LogP contribution is 2.19. The highest BCUT2D eigenvalue weighted by atomic mass is 16.2. The fourth-order valence-corrected chi connectivity index (χ4v) is 2.71. The molecule has 0 saturated carbocycles. The molecule has 0 aromatic carbocycles. The zero-order valence-corrected chi connectivity index (χ0v) is 13.2. The van der Waals surface area contributed by atoms with E-state index in [4.69, 9.17) is 0 Å². The van der Waals surface area contributed by atoms with E-state index < -0.39 is 0 Å². The van der Waals surface area contributed by atoms with Gasteiger partial charge in [-0.25, -0.2) is 4.79 Å². The molecule has 2 rings (SSSR count). The third-order valence-corrected chi connectivity index (χ3v) is 4.02. The van der Waals surface area contributed by atoms with Crippen LogP contribution in [0, 0.1) is 0 Å². The highest BCUT2D eigenvalue weighted by Gasteiger charge is 2.18. The van der Waals surface area contributed by atoms with Gasteiger partial charge in [-0.2, -0.15) is 0 Å². The minimum Gasteiger partial charge on any atom is -0.358 e. The summed E-state index contributed by atoms with van der Waals surface area (Å²) in [5, 5.41) is 0. The van der Waals surface area contributed by atoms with Crippen LogP contribution in [0.15, 0.2) is 21.2 Å². The average molecular weight is 291 g/mol. The fraction of sp³-hybridized carbons (Fsp3) is 0.625. The first kappa shape index (κ1) is 15.6. The Kier molecular flexibility index (Phi) is 5.04. The van der Waals surface area contributed by atoms with Crippen LogP contribution < -0.4 is 16.1 Å². The van der Waals surface area contributed by atoms with E-state index in [1.807, 2.05) is 19.9 Å². The second kappa shape index (κ2) is 6.78. The van der Waals surface area contributed by atoms with Crippen molar-refractivity contribution in [3.63, 3.8) is 0 Å². The summed E-state index contributed by atoms with van der Waals surface area (Å²) in [6.45, 7) is 5.85. The second-order valence-electron chi connectivity index (χ2n) is 6.01. The smallest absolute Gasteiger partial charge is 0.329 e. The molecule has 1 N–H and O–H groups in total. The van der Waals surface area contributed by atoms with Crippen molar-refractivity contribution in [1.29, 1.82) is 0 Å². The van der Waals surface area contributed by atoms with E-state index in [1.54, 1.807) is 0 Å². The summed E-state index contributed by atoms with van der Waals surface area (Å²) in [5.41, 5.74) is 1.35. The summed E-state index contributed by atoms with van der Waals surface area (Å²) in [6.07, 6.45) is 7.26. The Labute approximate surface area is 125 Å². The number of nitrogens with one attached hydrogen (secondary N) is 1. The molecule has 0 aliphatic carbocycles. The van der Waals surface area contributed by atoms with Gasteiger partial charge in [0.1, 0.15) is 5.82 Å². The Morgan fingerprint density at radius 3 is 2.33 bits per heavy atom. The molecule has 0 atom stereocenters. The van der Waals surface area contributed by atoms with E-state index in [2.05, 4.69) is 9.88 Å². The highest BCUT2D eigenvalue weighted by molar-refractivity contribution is 5.46. The van der Waals surface area contributed by atoms with E-state index in [9.17, 15) is 9.59 Å². The Morgan fingerprint density at radius 1 is 1.14 bits per heavy atom. The van der Waals surface area contributed by atoms with E-state index in [-0.39, 0.29) is 11.2 Å². The number of allylic oxidation sites excluding steroid dienone is 2. The van der Waals surface area contributed by atoms with Gasteiger partial charge in [-0.3, -0.25) is 14.3 Å². The normalized spacial score (nSPS) is 15.7. The lowest BCUT2D eigenvalue weighted by molar-refractivity contribution is 0.719. The zero-order valence-electron chi connectivity index (χ0n) is 13.2. The minimum atomic E-state index is -0.333. The monoisotopic (exact) mass is 291 g/mol. The molecule has 2 heterocycles. The van der Waals surface area contributed by atoms with Gasteiger partial charge in [-0.1, -0.05) is 24.5 Å². The van der Waals surface area contributed by atoms with Gasteiger partial charge in [0.05, 0.1) is 5.56 Å². The number of hydrogen-bond donors (Lipinski definition) is 1. The number of H-pyrrole nitrogens is 1. The summed E-state index contributed by atoms with van der Waals surface area (Å²) in [7, 11) is 1.53. The maximum absolute atomic E-state index is 12.4. The van der Waals surface area contributed by atoms with Crippen LogP contribution in [-0.2, 0) is 13.5 Å². The molecule has 1 aliphatic heterocycles. The van der Waals surface area contributed by atoms with Crippen LogP contribution in [0.4, 0.5) is 5.82 Å². The first-order chi connectivity index (χ1) is 10.0. The lowest BCUT2D eigenvalue weighted by atomic mass is 10.1. The molecule has 1 fully saturated rings. The van der Waals surface area contributed by atoms with Crippen molar-refractivity contribution in [3.8, 4) is 0 Å². The molecule has 0 bridgehead atoms. The summed E-state index contributed by atoms with van der Waals surface area (Å²) in [5.74, 6) is 0.725. The van der Waals surface area contributed by atoms with Crippen molar-refractivity contribution in [2.24, 2.45) is 7.05 Å². The van der Waals surface area contributed by atoms with Gasteiger partial charge in [0.15, 0.2) is 0 Å². The van der Waals surface area contributed by atoms with Gasteiger partial charge >= 0.3 is 5.69 Å².